The molecule has 1 aromatic rings. The lowest BCUT2D eigenvalue weighted by Crippen LogP contribution is -2.20. The molecule has 0 bridgehead atoms. The molecule has 1 saturated heterocycles. The molecule has 1 heterocycles. The van der Waals surface area contributed by atoms with Gasteiger partial charge in [-0.2, -0.15) is 25.9 Å². The van der Waals surface area contributed by atoms with Crippen molar-refractivity contribution in [1.82, 2.24) is 4.31 Å². The molecule has 1 fully saturated rings. The van der Waals surface area contributed by atoms with Gasteiger partial charge in [-0.25, -0.2) is 0 Å². The first-order chi connectivity index (χ1) is 7.79. The Morgan fingerprint density at radius 3 is 2.06 bits per heavy atom. The molecule has 1 aliphatic heterocycles. The van der Waals surface area contributed by atoms with E-state index in [0.29, 0.717) is 13.1 Å². The highest BCUT2D eigenvalue weighted by Crippen LogP contribution is 2.30. The van der Waals surface area contributed by atoms with E-state index in [0.717, 1.165) is 24.3 Å². The molecule has 1 N–H and O–H groups in total. The van der Waals surface area contributed by atoms with E-state index in [-0.39, 0.29) is 5.69 Å². The molecule has 0 saturated carbocycles. The largest absolute Gasteiger partial charge is 0.416 e. The van der Waals surface area contributed by atoms with Crippen molar-refractivity contribution in [2.75, 3.05) is 17.8 Å². The van der Waals surface area contributed by atoms with Crippen molar-refractivity contribution >= 4 is 15.9 Å². The van der Waals surface area contributed by atoms with Gasteiger partial charge in [-0.05, 0) is 24.3 Å². The third-order valence-corrected chi connectivity index (χ3v) is 3.74. The number of alkyl halides is 3. The monoisotopic (exact) mass is 266 g/mol. The molecule has 4 nitrogen and oxygen atoms in total. The van der Waals surface area contributed by atoms with Crippen LogP contribution in [0.1, 0.15) is 5.56 Å². The molecule has 0 aliphatic carbocycles. The Balaban J connectivity index is 2.14. The van der Waals surface area contributed by atoms with Crippen molar-refractivity contribution in [3.8, 4) is 0 Å². The summed E-state index contributed by atoms with van der Waals surface area (Å²) < 4.78 is 63.0. The molecule has 1 aliphatic rings. The zero-order valence-electron chi connectivity index (χ0n) is 8.53. The summed E-state index contributed by atoms with van der Waals surface area (Å²) in [5, 5.41) is 0. The number of anilines is 1. The highest BCUT2D eigenvalue weighted by Gasteiger charge is 2.32. The average molecular weight is 266 g/mol. The lowest BCUT2D eigenvalue weighted by molar-refractivity contribution is -0.137. The summed E-state index contributed by atoms with van der Waals surface area (Å²) in [5.74, 6) is 0. The van der Waals surface area contributed by atoms with E-state index in [4.69, 9.17) is 0 Å². The van der Waals surface area contributed by atoms with Crippen molar-refractivity contribution < 1.29 is 21.6 Å². The van der Waals surface area contributed by atoms with E-state index >= 15 is 0 Å². The Hall–Kier alpha value is -1.28. The van der Waals surface area contributed by atoms with E-state index < -0.39 is 21.9 Å². The Bertz CT molecular complexity index is 506. The maximum atomic E-state index is 12.2. The molecule has 1 aromatic carbocycles. The number of nitrogens with zero attached hydrogens (tertiary/aromatic N) is 1. The van der Waals surface area contributed by atoms with Crippen LogP contribution in [0, 0.1) is 0 Å². The van der Waals surface area contributed by atoms with Gasteiger partial charge in [0.05, 0.1) is 5.56 Å². The van der Waals surface area contributed by atoms with Crippen molar-refractivity contribution in [2.45, 2.75) is 6.18 Å². The molecule has 8 heteroatoms. The predicted molar refractivity (Wildman–Crippen MR) is 55.6 cm³/mol. The number of nitrogens with one attached hydrogen (secondary N) is 1. The second kappa shape index (κ2) is 3.88. The number of benzene rings is 1. The highest BCUT2D eigenvalue weighted by molar-refractivity contribution is 7.90. The second-order valence-electron chi connectivity index (χ2n) is 3.58. The fraction of sp³-hybridized carbons (Fsp3) is 0.333. The lowest BCUT2D eigenvalue weighted by atomic mass is 10.2. The first kappa shape index (κ1) is 12.2. The quantitative estimate of drug-likeness (QED) is 0.846. The van der Waals surface area contributed by atoms with Crippen LogP contribution in [0.4, 0.5) is 18.9 Å². The van der Waals surface area contributed by atoms with Crippen molar-refractivity contribution in [3.05, 3.63) is 29.8 Å². The Morgan fingerprint density at radius 2 is 1.65 bits per heavy atom. The van der Waals surface area contributed by atoms with Gasteiger partial charge in [0.1, 0.15) is 0 Å². The van der Waals surface area contributed by atoms with E-state index in [2.05, 4.69) is 4.72 Å². The van der Waals surface area contributed by atoms with Gasteiger partial charge < -0.3 is 0 Å². The van der Waals surface area contributed by atoms with Gasteiger partial charge in [-0.3, -0.25) is 4.72 Å². The van der Waals surface area contributed by atoms with Gasteiger partial charge in [0.2, 0.25) is 0 Å². The van der Waals surface area contributed by atoms with Crippen molar-refractivity contribution in [3.63, 3.8) is 0 Å². The Kier molecular flexibility index (Phi) is 2.78. The van der Waals surface area contributed by atoms with Crippen LogP contribution in [0.15, 0.2) is 24.3 Å². The van der Waals surface area contributed by atoms with Crippen LogP contribution < -0.4 is 4.72 Å². The van der Waals surface area contributed by atoms with E-state index in [9.17, 15) is 21.6 Å². The first-order valence-corrected chi connectivity index (χ1v) is 6.18. The maximum absolute atomic E-state index is 12.2. The van der Waals surface area contributed by atoms with Crippen LogP contribution in [0.3, 0.4) is 0 Å². The summed E-state index contributed by atoms with van der Waals surface area (Å²) >= 11 is 0. The lowest BCUT2D eigenvalue weighted by Gasteiger charge is -2.10. The third kappa shape index (κ3) is 2.89. The summed E-state index contributed by atoms with van der Waals surface area (Å²) in [5.41, 5.74) is -0.697. The molecule has 0 atom stereocenters. The molecule has 0 radical (unpaired) electrons. The normalized spacial score (nSPS) is 16.9. The van der Waals surface area contributed by atoms with Crippen LogP contribution >= 0.6 is 0 Å². The fourth-order valence-corrected chi connectivity index (χ4v) is 2.35. The van der Waals surface area contributed by atoms with Gasteiger partial charge in [-0.15, -0.1) is 0 Å². The van der Waals surface area contributed by atoms with Gasteiger partial charge in [0, 0.05) is 18.8 Å². The summed E-state index contributed by atoms with van der Waals surface area (Å²) in [6.07, 6.45) is -4.42. The third-order valence-electron chi connectivity index (χ3n) is 2.21. The van der Waals surface area contributed by atoms with Crippen molar-refractivity contribution in [1.29, 1.82) is 0 Å². The molecule has 94 valence electrons. The number of hydrogen-bond acceptors (Lipinski definition) is 2. The summed E-state index contributed by atoms with van der Waals surface area (Å²) in [4.78, 5) is 0. The summed E-state index contributed by atoms with van der Waals surface area (Å²) in [6, 6.07) is 3.84. The Morgan fingerprint density at radius 1 is 1.12 bits per heavy atom. The maximum Gasteiger partial charge on any atom is 0.416 e. The molecule has 0 spiro atoms. The zero-order chi connectivity index (χ0) is 12.7. The molecular weight excluding hydrogens is 257 g/mol. The molecule has 0 unspecified atom stereocenters. The van der Waals surface area contributed by atoms with Gasteiger partial charge in [0.15, 0.2) is 0 Å². The molecule has 0 amide bonds. The minimum Gasteiger partial charge on any atom is -0.271 e. The molecule has 0 aromatic heterocycles. The zero-order valence-corrected chi connectivity index (χ0v) is 9.35. The predicted octanol–water partition coefficient (Wildman–Crippen LogP) is 1.68. The molecule has 17 heavy (non-hydrogen) atoms. The minimum absolute atomic E-state index is 0.116. The van der Waals surface area contributed by atoms with Crippen molar-refractivity contribution in [2.24, 2.45) is 0 Å². The Labute approximate surface area is 96.2 Å². The molecular formula is C9H9F3N2O2S. The van der Waals surface area contributed by atoms with Crippen LogP contribution in [0.2, 0.25) is 0 Å². The van der Waals surface area contributed by atoms with Gasteiger partial charge in [0.25, 0.3) is 0 Å². The van der Waals surface area contributed by atoms with Crippen LogP contribution in [-0.4, -0.2) is 25.8 Å². The van der Waals surface area contributed by atoms with Crippen LogP contribution in [0.5, 0.6) is 0 Å². The standard InChI is InChI=1S/C9H9F3N2O2S/c10-9(11,12)7-1-3-8(4-2-7)13-17(15,16)14-5-6-14/h1-4,13H,5-6H2. The SMILES string of the molecule is O=S(=O)(Nc1ccc(C(F)(F)F)cc1)N1CC1. The molecule has 2 rings (SSSR count). The topological polar surface area (TPSA) is 49.2 Å². The van der Waals surface area contributed by atoms with E-state index in [1.54, 1.807) is 0 Å². The highest BCUT2D eigenvalue weighted by atomic mass is 32.2. The number of hydrogen-bond donors (Lipinski definition) is 1. The number of rotatable bonds is 3. The number of halogens is 3. The van der Waals surface area contributed by atoms with Crippen LogP contribution in [-0.2, 0) is 16.4 Å². The fourth-order valence-electron chi connectivity index (χ4n) is 1.22. The van der Waals surface area contributed by atoms with E-state index in [1.807, 2.05) is 0 Å². The van der Waals surface area contributed by atoms with Gasteiger partial charge >= 0.3 is 16.4 Å². The smallest absolute Gasteiger partial charge is 0.271 e. The van der Waals surface area contributed by atoms with E-state index in [1.165, 1.54) is 4.31 Å². The first-order valence-electron chi connectivity index (χ1n) is 4.74. The van der Waals surface area contributed by atoms with Crippen LogP contribution in [0.25, 0.3) is 0 Å². The summed E-state index contributed by atoms with van der Waals surface area (Å²) in [7, 11) is -3.59. The second-order valence-corrected chi connectivity index (χ2v) is 5.25. The van der Waals surface area contributed by atoms with Gasteiger partial charge in [-0.1, -0.05) is 0 Å². The average Bonchev–Trinajstić information content (AvgIpc) is 2.99. The summed E-state index contributed by atoms with van der Waals surface area (Å²) in [6.45, 7) is 0.881. The minimum atomic E-state index is -4.42.